The van der Waals surface area contributed by atoms with Crippen molar-refractivity contribution in [3.8, 4) is 5.75 Å². The molecule has 0 bridgehead atoms. The average Bonchev–Trinajstić information content (AvgIpc) is 2.53. The maximum Gasteiger partial charge on any atom is 0.236 e. The van der Waals surface area contributed by atoms with Crippen LogP contribution in [-0.2, 0) is 11.2 Å². The Labute approximate surface area is 132 Å². The fourth-order valence-corrected chi connectivity index (χ4v) is 2.95. The van der Waals surface area contributed by atoms with Crippen LogP contribution in [0, 0.1) is 0 Å². The smallest absolute Gasteiger partial charge is 0.236 e. The van der Waals surface area contributed by atoms with E-state index in [1.165, 1.54) is 0 Å². The van der Waals surface area contributed by atoms with Crippen LogP contribution in [0.1, 0.15) is 31.7 Å². The van der Waals surface area contributed by atoms with Gasteiger partial charge in [0.05, 0.1) is 13.2 Å². The minimum atomic E-state index is -0.438. The Morgan fingerprint density at radius 2 is 2.14 bits per heavy atom. The summed E-state index contributed by atoms with van der Waals surface area (Å²) in [6.45, 7) is 4.28. The number of amides is 1. The Hall–Kier alpha value is -1.59. The second-order valence-corrected chi connectivity index (χ2v) is 5.63. The molecule has 5 heteroatoms. The lowest BCUT2D eigenvalue weighted by atomic mass is 10.0. The molecule has 1 unspecified atom stereocenters. The van der Waals surface area contributed by atoms with E-state index in [0.717, 1.165) is 24.3 Å². The van der Waals surface area contributed by atoms with Gasteiger partial charge in [-0.15, -0.1) is 0 Å². The highest BCUT2D eigenvalue weighted by Gasteiger charge is 2.24. The van der Waals surface area contributed by atoms with Gasteiger partial charge in [0.2, 0.25) is 5.91 Å². The standard InChI is InChI=1S/C17H26N2O3/c1-3-19-17(21)9-6-11-18(19)12-10-15(20)13-14-7-4-5-8-16(14)22-2/h4-5,7-8,15,20H,3,6,9-13H2,1-2H3. The zero-order valence-electron chi connectivity index (χ0n) is 13.5. The number of rotatable bonds is 7. The summed E-state index contributed by atoms with van der Waals surface area (Å²) in [7, 11) is 1.64. The quantitative estimate of drug-likeness (QED) is 0.835. The topological polar surface area (TPSA) is 53.0 Å². The summed E-state index contributed by atoms with van der Waals surface area (Å²) >= 11 is 0. The van der Waals surface area contributed by atoms with E-state index in [4.69, 9.17) is 4.74 Å². The summed E-state index contributed by atoms with van der Waals surface area (Å²) in [6, 6.07) is 7.76. The van der Waals surface area contributed by atoms with Gasteiger partial charge in [-0.05, 0) is 31.4 Å². The molecule has 1 aliphatic rings. The average molecular weight is 306 g/mol. The summed E-state index contributed by atoms with van der Waals surface area (Å²) in [5.41, 5.74) is 1.01. The molecule has 0 aromatic heterocycles. The fourth-order valence-electron chi connectivity index (χ4n) is 2.95. The van der Waals surface area contributed by atoms with Crippen LogP contribution in [0.25, 0.3) is 0 Å². The van der Waals surface area contributed by atoms with E-state index in [0.29, 0.717) is 32.4 Å². The zero-order valence-corrected chi connectivity index (χ0v) is 13.5. The van der Waals surface area contributed by atoms with Crippen LogP contribution in [-0.4, -0.2) is 53.9 Å². The second kappa shape index (κ2) is 8.15. The third kappa shape index (κ3) is 4.21. The molecule has 1 saturated heterocycles. The first kappa shape index (κ1) is 16.8. The molecule has 1 atom stereocenters. The monoisotopic (exact) mass is 306 g/mol. The minimum absolute atomic E-state index is 0.188. The van der Waals surface area contributed by atoms with Gasteiger partial charge >= 0.3 is 0 Å². The highest BCUT2D eigenvalue weighted by molar-refractivity contribution is 5.76. The molecule has 1 heterocycles. The molecule has 1 aromatic carbocycles. The van der Waals surface area contributed by atoms with E-state index in [-0.39, 0.29) is 5.91 Å². The lowest BCUT2D eigenvalue weighted by Crippen LogP contribution is -2.51. The van der Waals surface area contributed by atoms with Crippen molar-refractivity contribution in [3.05, 3.63) is 29.8 Å². The molecule has 0 radical (unpaired) electrons. The van der Waals surface area contributed by atoms with Gasteiger partial charge in [0.1, 0.15) is 5.75 Å². The molecule has 2 rings (SSSR count). The molecule has 0 aliphatic carbocycles. The number of hydrogen-bond acceptors (Lipinski definition) is 4. The molecule has 22 heavy (non-hydrogen) atoms. The predicted octanol–water partition coefficient (Wildman–Crippen LogP) is 1.85. The Bertz CT molecular complexity index is 493. The summed E-state index contributed by atoms with van der Waals surface area (Å²) in [5, 5.41) is 14.2. The maximum absolute atomic E-state index is 11.9. The molecule has 1 N–H and O–H groups in total. The van der Waals surface area contributed by atoms with Crippen LogP contribution < -0.4 is 4.74 Å². The van der Waals surface area contributed by atoms with Gasteiger partial charge in [0.15, 0.2) is 0 Å². The van der Waals surface area contributed by atoms with E-state index in [1.54, 1.807) is 12.1 Å². The van der Waals surface area contributed by atoms with Crippen molar-refractivity contribution < 1.29 is 14.6 Å². The zero-order chi connectivity index (χ0) is 15.9. The van der Waals surface area contributed by atoms with Crippen LogP contribution in [0.5, 0.6) is 5.75 Å². The summed E-state index contributed by atoms with van der Waals surface area (Å²) in [4.78, 5) is 11.9. The molecule has 122 valence electrons. The number of carbonyl (C=O) groups is 1. The number of hydrogen-bond donors (Lipinski definition) is 1. The lowest BCUT2D eigenvalue weighted by Gasteiger charge is -2.38. The van der Waals surface area contributed by atoms with E-state index >= 15 is 0 Å². The number of benzene rings is 1. The fraction of sp³-hybridized carbons (Fsp3) is 0.588. The first-order valence-electron chi connectivity index (χ1n) is 8.01. The molecule has 1 aromatic rings. The Balaban J connectivity index is 1.87. The van der Waals surface area contributed by atoms with Crippen molar-refractivity contribution in [2.24, 2.45) is 0 Å². The lowest BCUT2D eigenvalue weighted by molar-refractivity contribution is -0.155. The van der Waals surface area contributed by atoms with Gasteiger partial charge < -0.3 is 9.84 Å². The minimum Gasteiger partial charge on any atom is -0.496 e. The van der Waals surface area contributed by atoms with Crippen molar-refractivity contribution in [2.75, 3.05) is 26.7 Å². The maximum atomic E-state index is 11.9. The van der Waals surface area contributed by atoms with E-state index in [2.05, 4.69) is 5.01 Å². The Morgan fingerprint density at radius 1 is 1.36 bits per heavy atom. The first-order chi connectivity index (χ1) is 10.7. The van der Waals surface area contributed by atoms with Gasteiger partial charge in [-0.25, -0.2) is 5.01 Å². The number of carbonyl (C=O) groups excluding carboxylic acids is 1. The van der Waals surface area contributed by atoms with Gasteiger partial charge in [0, 0.05) is 32.5 Å². The summed E-state index contributed by atoms with van der Waals surface area (Å²) < 4.78 is 5.31. The molecule has 1 aliphatic heterocycles. The largest absolute Gasteiger partial charge is 0.496 e. The van der Waals surface area contributed by atoms with Crippen molar-refractivity contribution in [1.82, 2.24) is 10.0 Å². The Kier molecular flexibility index (Phi) is 6.21. The molecular weight excluding hydrogens is 280 g/mol. The number of nitrogens with zero attached hydrogens (tertiary/aromatic N) is 2. The van der Waals surface area contributed by atoms with Crippen molar-refractivity contribution in [2.45, 2.75) is 38.7 Å². The van der Waals surface area contributed by atoms with Crippen LogP contribution in [0.2, 0.25) is 0 Å². The molecular formula is C17H26N2O3. The van der Waals surface area contributed by atoms with Gasteiger partial charge in [-0.2, -0.15) is 0 Å². The number of aliphatic hydroxyl groups is 1. The van der Waals surface area contributed by atoms with Crippen molar-refractivity contribution in [1.29, 1.82) is 0 Å². The molecule has 1 fully saturated rings. The second-order valence-electron chi connectivity index (χ2n) is 5.63. The van der Waals surface area contributed by atoms with Gasteiger partial charge in [-0.1, -0.05) is 18.2 Å². The third-order valence-corrected chi connectivity index (χ3v) is 4.10. The highest BCUT2D eigenvalue weighted by atomic mass is 16.5. The van der Waals surface area contributed by atoms with Crippen LogP contribution in [0.4, 0.5) is 0 Å². The number of methoxy groups -OCH3 is 1. The SMILES string of the molecule is CCN1C(=O)CCCN1CCC(O)Cc1ccccc1OC. The van der Waals surface area contributed by atoms with E-state index in [1.807, 2.05) is 31.2 Å². The Morgan fingerprint density at radius 3 is 2.86 bits per heavy atom. The van der Waals surface area contributed by atoms with Crippen LogP contribution in [0.3, 0.4) is 0 Å². The number of aliphatic hydroxyl groups excluding tert-OH is 1. The third-order valence-electron chi connectivity index (χ3n) is 4.10. The number of hydrazine groups is 1. The van der Waals surface area contributed by atoms with Gasteiger partial charge in [-0.3, -0.25) is 9.80 Å². The van der Waals surface area contributed by atoms with Crippen molar-refractivity contribution in [3.63, 3.8) is 0 Å². The predicted molar refractivity (Wildman–Crippen MR) is 85.5 cm³/mol. The molecule has 1 amide bonds. The number of ether oxygens (including phenoxy) is 1. The molecule has 0 saturated carbocycles. The van der Waals surface area contributed by atoms with Crippen LogP contribution in [0.15, 0.2) is 24.3 Å². The normalized spacial score (nSPS) is 17.6. The highest BCUT2D eigenvalue weighted by Crippen LogP contribution is 2.20. The first-order valence-corrected chi connectivity index (χ1v) is 8.01. The van der Waals surface area contributed by atoms with Gasteiger partial charge in [0.25, 0.3) is 0 Å². The molecule has 5 nitrogen and oxygen atoms in total. The van der Waals surface area contributed by atoms with Crippen LogP contribution >= 0.6 is 0 Å². The van der Waals surface area contributed by atoms with E-state index in [9.17, 15) is 9.90 Å². The van der Waals surface area contributed by atoms with Crippen molar-refractivity contribution >= 4 is 5.91 Å². The van der Waals surface area contributed by atoms with E-state index < -0.39 is 6.10 Å². The summed E-state index contributed by atoms with van der Waals surface area (Å²) in [6.07, 6.45) is 2.30. The number of para-hydroxylation sites is 1. The molecule has 0 spiro atoms. The summed E-state index contributed by atoms with van der Waals surface area (Å²) in [5.74, 6) is 0.998.